The smallest absolute Gasteiger partial charge is 0.274 e. The monoisotopic (exact) mass is 387 g/mol. The maximum Gasteiger partial charge on any atom is 0.274 e. The summed E-state index contributed by atoms with van der Waals surface area (Å²) in [6, 6.07) is 17.6. The van der Waals surface area contributed by atoms with Crippen molar-refractivity contribution in [3.63, 3.8) is 0 Å². The first-order chi connectivity index (χ1) is 14.2. The first kappa shape index (κ1) is 18.9. The fourth-order valence-electron chi connectivity index (χ4n) is 3.54. The average molecular weight is 387 g/mol. The molecule has 0 radical (unpaired) electrons. The normalized spacial score (nSPS) is 13.3. The van der Waals surface area contributed by atoms with E-state index >= 15 is 0 Å². The lowest BCUT2D eigenvalue weighted by Crippen LogP contribution is -2.17. The predicted octanol–water partition coefficient (Wildman–Crippen LogP) is 4.64. The van der Waals surface area contributed by atoms with Crippen LogP contribution in [0.3, 0.4) is 0 Å². The van der Waals surface area contributed by atoms with Crippen LogP contribution in [0.15, 0.2) is 60.8 Å². The SMILES string of the molecule is CCc1ccccc1NC(=O)c1ccnc(Nc2ccc(N3CCCC3)cc2)n1. The Bertz CT molecular complexity index is 981. The molecule has 29 heavy (non-hydrogen) atoms. The summed E-state index contributed by atoms with van der Waals surface area (Å²) in [7, 11) is 0. The number of anilines is 4. The molecule has 1 fully saturated rings. The molecule has 6 heteroatoms. The van der Waals surface area contributed by atoms with Gasteiger partial charge in [0.2, 0.25) is 5.95 Å². The van der Waals surface area contributed by atoms with E-state index in [2.05, 4.69) is 44.6 Å². The van der Waals surface area contributed by atoms with Crippen molar-refractivity contribution in [3.05, 3.63) is 72.1 Å². The van der Waals surface area contributed by atoms with E-state index in [9.17, 15) is 4.79 Å². The Kier molecular flexibility index (Phi) is 5.70. The van der Waals surface area contributed by atoms with Crippen LogP contribution in [0.4, 0.5) is 23.0 Å². The van der Waals surface area contributed by atoms with E-state index in [0.717, 1.165) is 36.4 Å². The minimum absolute atomic E-state index is 0.249. The number of nitrogens with one attached hydrogen (secondary N) is 2. The molecule has 1 aromatic heterocycles. The lowest BCUT2D eigenvalue weighted by molar-refractivity contribution is 0.102. The molecule has 0 unspecified atom stereocenters. The van der Waals surface area contributed by atoms with Crippen LogP contribution >= 0.6 is 0 Å². The zero-order chi connectivity index (χ0) is 20.1. The molecule has 0 spiro atoms. The van der Waals surface area contributed by atoms with Crippen LogP contribution in [0.1, 0.15) is 35.8 Å². The molecule has 2 N–H and O–H groups in total. The van der Waals surface area contributed by atoms with Gasteiger partial charge in [-0.15, -0.1) is 0 Å². The van der Waals surface area contributed by atoms with Crippen LogP contribution in [0.5, 0.6) is 0 Å². The number of para-hydroxylation sites is 1. The first-order valence-corrected chi connectivity index (χ1v) is 10.1. The zero-order valence-electron chi connectivity index (χ0n) is 16.6. The number of carbonyl (C=O) groups excluding carboxylic acids is 1. The lowest BCUT2D eigenvalue weighted by atomic mass is 10.1. The van der Waals surface area contributed by atoms with E-state index in [4.69, 9.17) is 0 Å². The Morgan fingerprint density at radius 1 is 1.03 bits per heavy atom. The fraction of sp³-hybridized carbons (Fsp3) is 0.261. The highest BCUT2D eigenvalue weighted by Crippen LogP contribution is 2.23. The molecule has 1 amide bonds. The van der Waals surface area contributed by atoms with Crippen molar-refractivity contribution in [1.82, 2.24) is 9.97 Å². The van der Waals surface area contributed by atoms with Gasteiger partial charge < -0.3 is 15.5 Å². The molecule has 148 valence electrons. The maximum atomic E-state index is 12.6. The summed E-state index contributed by atoms with van der Waals surface area (Å²) >= 11 is 0. The molecule has 3 aromatic rings. The number of hydrogen-bond donors (Lipinski definition) is 2. The van der Waals surface area contributed by atoms with Gasteiger partial charge in [-0.05, 0) is 61.2 Å². The molecule has 1 aliphatic heterocycles. The topological polar surface area (TPSA) is 70.2 Å². The standard InChI is InChI=1S/C23H25N5O/c1-2-17-7-3-4-8-20(17)26-22(29)21-13-14-24-23(27-21)25-18-9-11-19(12-10-18)28-15-5-6-16-28/h3-4,7-14H,2,5-6,15-16H2,1H3,(H,26,29)(H,24,25,27). The van der Waals surface area contributed by atoms with Gasteiger partial charge in [0.15, 0.2) is 0 Å². The van der Waals surface area contributed by atoms with Crippen LogP contribution in [0.2, 0.25) is 0 Å². The van der Waals surface area contributed by atoms with Crippen LogP contribution in [-0.2, 0) is 6.42 Å². The predicted molar refractivity (Wildman–Crippen MR) is 117 cm³/mol. The molecule has 0 saturated carbocycles. The summed E-state index contributed by atoms with van der Waals surface area (Å²) < 4.78 is 0. The molecule has 0 aliphatic carbocycles. The van der Waals surface area contributed by atoms with Crippen molar-refractivity contribution in [3.8, 4) is 0 Å². The van der Waals surface area contributed by atoms with Crippen molar-refractivity contribution in [2.45, 2.75) is 26.2 Å². The number of carbonyl (C=O) groups is 1. The minimum atomic E-state index is -0.249. The number of amides is 1. The van der Waals surface area contributed by atoms with Crippen molar-refractivity contribution in [2.75, 3.05) is 28.6 Å². The summed E-state index contributed by atoms with van der Waals surface area (Å²) in [5.74, 6) is 0.149. The fourth-order valence-corrected chi connectivity index (χ4v) is 3.54. The Hall–Kier alpha value is -3.41. The van der Waals surface area contributed by atoms with Gasteiger partial charge >= 0.3 is 0 Å². The summed E-state index contributed by atoms with van der Waals surface area (Å²) in [6.45, 7) is 4.30. The second-order valence-electron chi connectivity index (χ2n) is 7.10. The van der Waals surface area contributed by atoms with Crippen LogP contribution in [-0.4, -0.2) is 29.0 Å². The van der Waals surface area contributed by atoms with E-state index in [1.165, 1.54) is 18.5 Å². The minimum Gasteiger partial charge on any atom is -0.372 e. The van der Waals surface area contributed by atoms with E-state index in [0.29, 0.717) is 11.6 Å². The Balaban J connectivity index is 1.45. The zero-order valence-corrected chi connectivity index (χ0v) is 16.6. The second kappa shape index (κ2) is 8.73. The largest absolute Gasteiger partial charge is 0.372 e. The van der Waals surface area contributed by atoms with Crippen LogP contribution in [0, 0.1) is 0 Å². The Labute approximate surface area is 171 Å². The summed E-state index contributed by atoms with van der Waals surface area (Å²) in [6.07, 6.45) is 4.95. The van der Waals surface area contributed by atoms with Gasteiger partial charge in [-0.2, -0.15) is 0 Å². The number of hydrogen-bond acceptors (Lipinski definition) is 5. The van der Waals surface area contributed by atoms with Gasteiger partial charge in [0.05, 0.1) is 0 Å². The molecule has 6 nitrogen and oxygen atoms in total. The van der Waals surface area contributed by atoms with E-state index < -0.39 is 0 Å². The molecular weight excluding hydrogens is 362 g/mol. The van der Waals surface area contributed by atoms with E-state index in [1.54, 1.807) is 12.3 Å². The molecule has 0 bridgehead atoms. The van der Waals surface area contributed by atoms with Gasteiger partial charge in [-0.1, -0.05) is 25.1 Å². The second-order valence-corrected chi connectivity index (χ2v) is 7.10. The summed E-state index contributed by atoms with van der Waals surface area (Å²) in [5, 5.41) is 6.13. The highest BCUT2D eigenvalue weighted by molar-refractivity contribution is 6.03. The highest BCUT2D eigenvalue weighted by atomic mass is 16.1. The van der Waals surface area contributed by atoms with Crippen molar-refractivity contribution < 1.29 is 4.79 Å². The van der Waals surface area contributed by atoms with E-state index in [1.807, 2.05) is 36.4 Å². The number of aryl methyl sites for hydroxylation is 1. The number of nitrogens with zero attached hydrogens (tertiary/aromatic N) is 3. The van der Waals surface area contributed by atoms with Gasteiger partial charge in [0.25, 0.3) is 5.91 Å². The number of benzene rings is 2. The third kappa shape index (κ3) is 4.54. The number of aromatic nitrogens is 2. The van der Waals surface area contributed by atoms with Gasteiger partial charge in [-0.25, -0.2) is 9.97 Å². The van der Waals surface area contributed by atoms with Crippen LogP contribution < -0.4 is 15.5 Å². The van der Waals surface area contributed by atoms with Crippen LogP contribution in [0.25, 0.3) is 0 Å². The van der Waals surface area contributed by atoms with Crippen molar-refractivity contribution in [2.24, 2.45) is 0 Å². The third-order valence-electron chi connectivity index (χ3n) is 5.13. The first-order valence-electron chi connectivity index (χ1n) is 10.1. The molecule has 2 heterocycles. The summed E-state index contributed by atoms with van der Waals surface area (Å²) in [4.78, 5) is 23.7. The Morgan fingerprint density at radius 3 is 2.55 bits per heavy atom. The molecule has 2 aromatic carbocycles. The molecule has 4 rings (SSSR count). The van der Waals surface area contributed by atoms with Gasteiger partial charge in [-0.3, -0.25) is 4.79 Å². The van der Waals surface area contributed by atoms with Gasteiger partial charge in [0.1, 0.15) is 5.69 Å². The van der Waals surface area contributed by atoms with E-state index in [-0.39, 0.29) is 5.91 Å². The summed E-state index contributed by atoms with van der Waals surface area (Å²) in [5.41, 5.74) is 4.34. The highest BCUT2D eigenvalue weighted by Gasteiger charge is 2.13. The molecule has 0 atom stereocenters. The third-order valence-corrected chi connectivity index (χ3v) is 5.13. The van der Waals surface area contributed by atoms with Crippen molar-refractivity contribution >= 4 is 28.9 Å². The molecule has 1 aliphatic rings. The quantitative estimate of drug-likeness (QED) is 0.645. The maximum absolute atomic E-state index is 12.6. The molecule has 1 saturated heterocycles. The van der Waals surface area contributed by atoms with Gasteiger partial charge in [0, 0.05) is 36.3 Å². The Morgan fingerprint density at radius 2 is 1.79 bits per heavy atom. The lowest BCUT2D eigenvalue weighted by Gasteiger charge is -2.17. The molecular formula is C23H25N5O. The van der Waals surface area contributed by atoms with Crippen molar-refractivity contribution in [1.29, 1.82) is 0 Å². The average Bonchev–Trinajstić information content (AvgIpc) is 3.30. The number of rotatable bonds is 6.